The number of anilines is 1. The second kappa shape index (κ2) is 7.93. The van der Waals surface area contributed by atoms with Gasteiger partial charge in [-0.3, -0.25) is 9.59 Å². The zero-order valence-corrected chi connectivity index (χ0v) is 17.6. The van der Waals surface area contributed by atoms with E-state index in [1.807, 2.05) is 49.4 Å². The summed E-state index contributed by atoms with van der Waals surface area (Å²) in [6.07, 6.45) is 0.231. The van der Waals surface area contributed by atoms with E-state index in [1.54, 1.807) is 0 Å². The molecule has 1 aliphatic rings. The third kappa shape index (κ3) is 4.05. The molecule has 2 aromatic carbocycles. The van der Waals surface area contributed by atoms with E-state index in [4.69, 9.17) is 0 Å². The number of fused-ring (bicyclic) bond motifs is 1. The molecule has 0 radical (unpaired) electrons. The van der Waals surface area contributed by atoms with Gasteiger partial charge in [0.25, 0.3) is 5.56 Å². The van der Waals surface area contributed by atoms with Crippen LogP contribution in [0.1, 0.15) is 34.6 Å². The quantitative estimate of drug-likeness (QED) is 0.444. The van der Waals surface area contributed by atoms with Crippen LogP contribution in [0.2, 0.25) is 0 Å². The predicted octanol–water partition coefficient (Wildman–Crippen LogP) is 4.61. The molecule has 1 aromatic heterocycles. The molecule has 1 unspecified atom stereocenters. The summed E-state index contributed by atoms with van der Waals surface area (Å²) in [5.74, 6) is 0.616. The minimum Gasteiger partial charge on any atom is -0.310 e. The molecule has 4 rings (SSSR count). The summed E-state index contributed by atoms with van der Waals surface area (Å²) in [6.45, 7) is 2.05. The van der Waals surface area contributed by atoms with E-state index in [0.717, 1.165) is 15.6 Å². The maximum Gasteiger partial charge on any atom is 0.257 e. The molecule has 1 aliphatic heterocycles. The van der Waals surface area contributed by atoms with E-state index in [2.05, 4.69) is 37.3 Å². The van der Waals surface area contributed by atoms with Crippen LogP contribution in [0.15, 0.2) is 63.0 Å². The third-order valence-electron chi connectivity index (χ3n) is 4.66. The van der Waals surface area contributed by atoms with Crippen molar-refractivity contribution in [2.75, 3.05) is 5.32 Å². The number of amides is 1. The lowest BCUT2D eigenvalue weighted by Crippen LogP contribution is -2.31. The Labute approximate surface area is 175 Å². The van der Waals surface area contributed by atoms with Gasteiger partial charge in [-0.25, -0.2) is 4.98 Å². The largest absolute Gasteiger partial charge is 0.310 e. The van der Waals surface area contributed by atoms with E-state index in [0.29, 0.717) is 22.3 Å². The second-order valence-corrected chi connectivity index (χ2v) is 8.65. The van der Waals surface area contributed by atoms with Crippen LogP contribution in [0.25, 0.3) is 0 Å². The smallest absolute Gasteiger partial charge is 0.257 e. The maximum atomic E-state index is 12.8. The molecule has 5 nitrogen and oxygen atoms in total. The SMILES string of the molecule is Cc1cccc(CSc2nc3c(c(=O)[nH]2)C(c2ccc(Br)cc2)CC(=O)N3)c1. The van der Waals surface area contributed by atoms with Crippen molar-refractivity contribution in [2.45, 2.75) is 30.2 Å². The molecule has 0 saturated carbocycles. The van der Waals surface area contributed by atoms with Crippen molar-refractivity contribution in [2.24, 2.45) is 0 Å². The first-order valence-electron chi connectivity index (χ1n) is 8.87. The van der Waals surface area contributed by atoms with Crippen molar-refractivity contribution in [1.29, 1.82) is 0 Å². The number of carbonyl (C=O) groups excluding carboxylic acids is 1. The molecule has 142 valence electrons. The molecule has 0 saturated heterocycles. The number of aromatic nitrogens is 2. The highest BCUT2D eigenvalue weighted by Gasteiger charge is 2.30. The molecular weight excluding hydrogens is 438 g/mol. The lowest BCUT2D eigenvalue weighted by Gasteiger charge is -2.24. The Bertz CT molecular complexity index is 1100. The Balaban J connectivity index is 1.65. The van der Waals surface area contributed by atoms with Crippen molar-refractivity contribution in [3.8, 4) is 0 Å². The molecule has 3 aromatic rings. The molecule has 7 heteroatoms. The summed E-state index contributed by atoms with van der Waals surface area (Å²) in [5.41, 5.74) is 3.58. The fraction of sp³-hybridized carbons (Fsp3) is 0.190. The summed E-state index contributed by atoms with van der Waals surface area (Å²) < 4.78 is 0.951. The molecule has 0 bridgehead atoms. The maximum absolute atomic E-state index is 12.8. The van der Waals surface area contributed by atoms with Crippen LogP contribution < -0.4 is 10.9 Å². The number of aromatic amines is 1. The third-order valence-corrected chi connectivity index (χ3v) is 6.13. The van der Waals surface area contributed by atoms with Gasteiger partial charge in [0.15, 0.2) is 5.16 Å². The van der Waals surface area contributed by atoms with Gasteiger partial charge in [0.2, 0.25) is 5.91 Å². The van der Waals surface area contributed by atoms with Gasteiger partial charge in [-0.05, 0) is 30.2 Å². The molecule has 1 atom stereocenters. The van der Waals surface area contributed by atoms with Gasteiger partial charge in [-0.1, -0.05) is 69.7 Å². The number of hydrogen-bond donors (Lipinski definition) is 2. The molecule has 1 amide bonds. The summed E-state index contributed by atoms with van der Waals surface area (Å²) >= 11 is 4.86. The van der Waals surface area contributed by atoms with E-state index in [9.17, 15) is 9.59 Å². The van der Waals surface area contributed by atoms with E-state index < -0.39 is 0 Å². The Hall–Kier alpha value is -2.38. The van der Waals surface area contributed by atoms with Crippen LogP contribution in [0.3, 0.4) is 0 Å². The van der Waals surface area contributed by atoms with Crippen LogP contribution >= 0.6 is 27.7 Å². The van der Waals surface area contributed by atoms with E-state index >= 15 is 0 Å². The van der Waals surface area contributed by atoms with Crippen LogP contribution in [0.5, 0.6) is 0 Å². The number of carbonyl (C=O) groups is 1. The molecule has 0 fully saturated rings. The highest BCUT2D eigenvalue weighted by Crippen LogP contribution is 2.35. The minimum atomic E-state index is -0.302. The van der Waals surface area contributed by atoms with Crippen molar-refractivity contribution >= 4 is 39.4 Å². The fourth-order valence-electron chi connectivity index (χ4n) is 3.35. The first-order valence-corrected chi connectivity index (χ1v) is 10.7. The van der Waals surface area contributed by atoms with Gasteiger partial charge in [-0.2, -0.15) is 0 Å². The highest BCUT2D eigenvalue weighted by atomic mass is 79.9. The molecule has 28 heavy (non-hydrogen) atoms. The van der Waals surface area contributed by atoms with Crippen LogP contribution in [0, 0.1) is 6.92 Å². The lowest BCUT2D eigenvalue weighted by atomic mass is 9.87. The number of nitrogens with one attached hydrogen (secondary N) is 2. The number of nitrogens with zero attached hydrogens (tertiary/aromatic N) is 1. The first kappa shape index (κ1) is 19.0. The fourth-order valence-corrected chi connectivity index (χ4v) is 4.42. The van der Waals surface area contributed by atoms with E-state index in [1.165, 1.54) is 17.3 Å². The van der Waals surface area contributed by atoms with Crippen molar-refractivity contribution < 1.29 is 4.79 Å². The Morgan fingerprint density at radius 1 is 1.18 bits per heavy atom. The van der Waals surface area contributed by atoms with Crippen molar-refractivity contribution in [1.82, 2.24) is 9.97 Å². The van der Waals surface area contributed by atoms with Crippen molar-refractivity contribution in [3.63, 3.8) is 0 Å². The normalized spacial score (nSPS) is 15.8. The Kier molecular flexibility index (Phi) is 5.37. The lowest BCUT2D eigenvalue weighted by molar-refractivity contribution is -0.116. The number of rotatable bonds is 4. The minimum absolute atomic E-state index is 0.131. The van der Waals surface area contributed by atoms with Gasteiger partial charge >= 0.3 is 0 Å². The van der Waals surface area contributed by atoms with Crippen LogP contribution in [-0.4, -0.2) is 15.9 Å². The molecule has 0 aliphatic carbocycles. The number of halogens is 1. The topological polar surface area (TPSA) is 74.8 Å². The summed E-state index contributed by atoms with van der Waals surface area (Å²) in [4.78, 5) is 32.5. The zero-order chi connectivity index (χ0) is 19.7. The van der Waals surface area contributed by atoms with Crippen molar-refractivity contribution in [3.05, 3.63) is 85.6 Å². The molecule has 0 spiro atoms. The second-order valence-electron chi connectivity index (χ2n) is 6.77. The average molecular weight is 456 g/mol. The molecule has 2 N–H and O–H groups in total. The number of benzene rings is 2. The van der Waals surface area contributed by atoms with Crippen LogP contribution in [0.4, 0.5) is 5.82 Å². The van der Waals surface area contributed by atoms with Gasteiger partial charge < -0.3 is 10.3 Å². The van der Waals surface area contributed by atoms with Gasteiger partial charge in [0.05, 0.1) is 5.56 Å². The summed E-state index contributed by atoms with van der Waals surface area (Å²) in [6, 6.07) is 15.9. The standard InChI is InChI=1S/C21H18BrN3O2S/c1-12-3-2-4-13(9-12)11-28-21-24-19-18(20(27)25-21)16(10-17(26)23-19)14-5-7-15(22)8-6-14/h2-9,16H,10-11H2,1H3,(H2,23,24,25,26,27). The number of thioether (sulfide) groups is 1. The zero-order valence-electron chi connectivity index (χ0n) is 15.2. The summed E-state index contributed by atoms with van der Waals surface area (Å²) in [7, 11) is 0. The average Bonchev–Trinajstić information content (AvgIpc) is 2.66. The number of hydrogen-bond acceptors (Lipinski definition) is 4. The molecular formula is C21H18BrN3O2S. The van der Waals surface area contributed by atoms with Gasteiger partial charge in [0, 0.05) is 22.6 Å². The molecule has 2 heterocycles. The highest BCUT2D eigenvalue weighted by molar-refractivity contribution is 9.10. The van der Waals surface area contributed by atoms with Gasteiger partial charge in [0.1, 0.15) is 5.82 Å². The monoisotopic (exact) mass is 455 g/mol. The van der Waals surface area contributed by atoms with Crippen LogP contribution in [-0.2, 0) is 10.5 Å². The first-order chi connectivity index (χ1) is 13.5. The van der Waals surface area contributed by atoms with E-state index in [-0.39, 0.29) is 23.8 Å². The predicted molar refractivity (Wildman–Crippen MR) is 115 cm³/mol. The van der Waals surface area contributed by atoms with Gasteiger partial charge in [-0.15, -0.1) is 0 Å². The number of aryl methyl sites for hydroxylation is 1. The number of H-pyrrole nitrogens is 1. The Morgan fingerprint density at radius 2 is 1.96 bits per heavy atom. The summed E-state index contributed by atoms with van der Waals surface area (Å²) in [5, 5.41) is 3.27. The Morgan fingerprint density at radius 3 is 2.71 bits per heavy atom.